The minimum Gasteiger partial charge on any atom is -0.451 e. The first kappa shape index (κ1) is 18.1. The molecule has 0 aliphatic carbocycles. The molecule has 0 spiro atoms. The fourth-order valence-electron chi connectivity index (χ4n) is 2.54. The van der Waals surface area contributed by atoms with Crippen LogP contribution in [0.5, 0.6) is 0 Å². The first-order valence-corrected chi connectivity index (χ1v) is 9.21. The third kappa shape index (κ3) is 3.22. The van der Waals surface area contributed by atoms with Gasteiger partial charge in [-0.3, -0.25) is 9.63 Å². The number of para-hydroxylation sites is 1. The van der Waals surface area contributed by atoms with Crippen LogP contribution in [-0.4, -0.2) is 33.0 Å². The van der Waals surface area contributed by atoms with E-state index in [2.05, 4.69) is 5.32 Å². The number of carbonyl (C=O) groups excluding carboxylic acids is 1. The summed E-state index contributed by atoms with van der Waals surface area (Å²) in [6, 6.07) is 13.2. The van der Waals surface area contributed by atoms with Crippen molar-refractivity contribution in [2.75, 3.05) is 19.5 Å². The van der Waals surface area contributed by atoms with Crippen LogP contribution in [0.2, 0.25) is 0 Å². The van der Waals surface area contributed by atoms with E-state index in [1.807, 2.05) is 25.1 Å². The molecule has 7 nitrogen and oxygen atoms in total. The van der Waals surface area contributed by atoms with Gasteiger partial charge in [0.15, 0.2) is 5.76 Å². The summed E-state index contributed by atoms with van der Waals surface area (Å²) in [7, 11) is -1.16. The second kappa shape index (κ2) is 6.91. The van der Waals surface area contributed by atoms with Crippen molar-refractivity contribution < 1.29 is 22.5 Å². The lowest BCUT2D eigenvalue weighted by Gasteiger charge is -2.14. The monoisotopic (exact) mass is 374 g/mol. The van der Waals surface area contributed by atoms with Crippen molar-refractivity contribution in [2.24, 2.45) is 0 Å². The van der Waals surface area contributed by atoms with Crippen LogP contribution in [0.25, 0.3) is 11.0 Å². The van der Waals surface area contributed by atoms with Gasteiger partial charge in [-0.05, 0) is 37.3 Å². The molecular formula is C18H18N2O5S. The summed E-state index contributed by atoms with van der Waals surface area (Å²) in [5, 5.41) is 3.59. The SMILES string of the molecule is CON(C)S(=O)(=O)c1ccc(NC(=O)c2oc3ccccc3c2C)cc1. The van der Waals surface area contributed by atoms with E-state index in [9.17, 15) is 13.2 Å². The lowest BCUT2D eigenvalue weighted by Crippen LogP contribution is -2.25. The molecule has 1 amide bonds. The Morgan fingerprint density at radius 2 is 1.77 bits per heavy atom. The Bertz CT molecular complexity index is 1050. The largest absolute Gasteiger partial charge is 0.451 e. The highest BCUT2D eigenvalue weighted by Gasteiger charge is 2.21. The maximum Gasteiger partial charge on any atom is 0.291 e. The smallest absolute Gasteiger partial charge is 0.291 e. The number of fused-ring (bicyclic) bond motifs is 1. The van der Waals surface area contributed by atoms with Gasteiger partial charge < -0.3 is 9.73 Å². The molecule has 1 heterocycles. The van der Waals surface area contributed by atoms with Crippen molar-refractivity contribution in [2.45, 2.75) is 11.8 Å². The molecule has 3 aromatic rings. The van der Waals surface area contributed by atoms with E-state index in [4.69, 9.17) is 9.25 Å². The predicted octanol–water partition coefficient (Wildman–Crippen LogP) is 3.18. The van der Waals surface area contributed by atoms with Crippen LogP contribution in [0, 0.1) is 6.92 Å². The van der Waals surface area contributed by atoms with E-state index in [-0.39, 0.29) is 10.7 Å². The molecule has 0 radical (unpaired) electrons. The summed E-state index contributed by atoms with van der Waals surface area (Å²) in [5.74, 6) is -0.176. The zero-order valence-electron chi connectivity index (χ0n) is 14.5. The van der Waals surface area contributed by atoms with E-state index in [0.29, 0.717) is 11.3 Å². The number of benzene rings is 2. The molecule has 0 aliphatic heterocycles. The highest BCUT2D eigenvalue weighted by Crippen LogP contribution is 2.26. The Hall–Kier alpha value is -2.68. The number of aryl methyl sites for hydroxylation is 1. The summed E-state index contributed by atoms with van der Waals surface area (Å²) in [4.78, 5) is 17.3. The minimum atomic E-state index is -3.73. The van der Waals surface area contributed by atoms with Crippen molar-refractivity contribution in [1.29, 1.82) is 0 Å². The first-order chi connectivity index (χ1) is 12.3. The van der Waals surface area contributed by atoms with Gasteiger partial charge in [0.2, 0.25) is 0 Å². The van der Waals surface area contributed by atoms with Crippen LogP contribution in [0.4, 0.5) is 5.69 Å². The zero-order chi connectivity index (χ0) is 18.9. The second-order valence-electron chi connectivity index (χ2n) is 5.63. The Morgan fingerprint density at radius 3 is 2.38 bits per heavy atom. The van der Waals surface area contributed by atoms with Crippen LogP contribution >= 0.6 is 0 Å². The maximum absolute atomic E-state index is 12.5. The molecule has 0 saturated carbocycles. The second-order valence-corrected chi connectivity index (χ2v) is 7.56. The molecule has 1 aromatic heterocycles. The van der Waals surface area contributed by atoms with Gasteiger partial charge >= 0.3 is 0 Å². The lowest BCUT2D eigenvalue weighted by atomic mass is 10.1. The molecule has 0 bridgehead atoms. The van der Waals surface area contributed by atoms with Gasteiger partial charge in [-0.1, -0.05) is 22.7 Å². The molecular weight excluding hydrogens is 356 g/mol. The van der Waals surface area contributed by atoms with Crippen molar-refractivity contribution in [3.8, 4) is 0 Å². The number of sulfonamides is 1. The van der Waals surface area contributed by atoms with Gasteiger partial charge in [-0.15, -0.1) is 0 Å². The summed E-state index contributed by atoms with van der Waals surface area (Å²) in [6.07, 6.45) is 0. The standard InChI is InChI=1S/C18H18N2O5S/c1-12-15-6-4-5-7-16(15)25-17(12)18(21)19-13-8-10-14(11-9-13)26(22,23)20(2)24-3/h4-11H,1-3H3,(H,19,21). The third-order valence-electron chi connectivity index (χ3n) is 4.06. The molecule has 0 aliphatic rings. The number of furan rings is 1. The van der Waals surface area contributed by atoms with Crippen molar-refractivity contribution in [3.05, 3.63) is 59.9 Å². The number of rotatable bonds is 5. The molecule has 26 heavy (non-hydrogen) atoms. The van der Waals surface area contributed by atoms with E-state index >= 15 is 0 Å². The van der Waals surface area contributed by atoms with Gasteiger partial charge in [0.25, 0.3) is 15.9 Å². The highest BCUT2D eigenvalue weighted by atomic mass is 32.2. The molecule has 0 saturated heterocycles. The van der Waals surface area contributed by atoms with Crippen molar-refractivity contribution >= 4 is 32.6 Å². The summed E-state index contributed by atoms with van der Waals surface area (Å²) in [6.45, 7) is 1.82. The number of hydrogen-bond donors (Lipinski definition) is 1. The third-order valence-corrected chi connectivity index (χ3v) is 5.75. The Kier molecular flexibility index (Phi) is 4.82. The molecule has 136 valence electrons. The van der Waals surface area contributed by atoms with Gasteiger partial charge in [0.05, 0.1) is 12.0 Å². The number of anilines is 1. The highest BCUT2D eigenvalue weighted by molar-refractivity contribution is 7.89. The number of carbonyl (C=O) groups is 1. The van der Waals surface area contributed by atoms with Gasteiger partial charge in [0, 0.05) is 23.7 Å². The van der Waals surface area contributed by atoms with Crippen LogP contribution in [-0.2, 0) is 14.9 Å². The Morgan fingerprint density at radius 1 is 1.12 bits per heavy atom. The van der Waals surface area contributed by atoms with E-state index < -0.39 is 15.9 Å². The lowest BCUT2D eigenvalue weighted by molar-refractivity contribution is -0.0258. The minimum absolute atomic E-state index is 0.0553. The van der Waals surface area contributed by atoms with Crippen LogP contribution in [0.15, 0.2) is 57.8 Å². The molecule has 3 rings (SSSR count). The van der Waals surface area contributed by atoms with Crippen LogP contribution < -0.4 is 5.32 Å². The summed E-state index contributed by atoms with van der Waals surface area (Å²) in [5.41, 5.74) is 1.84. The first-order valence-electron chi connectivity index (χ1n) is 7.77. The molecule has 0 unspecified atom stereocenters. The summed E-state index contributed by atoms with van der Waals surface area (Å²) < 4.78 is 30.7. The number of amides is 1. The quantitative estimate of drug-likeness (QED) is 0.693. The van der Waals surface area contributed by atoms with Crippen molar-refractivity contribution in [1.82, 2.24) is 4.47 Å². The van der Waals surface area contributed by atoms with Crippen LogP contribution in [0.3, 0.4) is 0 Å². The number of hydroxylamine groups is 1. The Labute approximate surface area is 151 Å². The fourth-order valence-corrected chi connectivity index (χ4v) is 3.51. The number of hydrogen-bond acceptors (Lipinski definition) is 5. The molecule has 2 aromatic carbocycles. The number of nitrogens with zero attached hydrogens (tertiary/aromatic N) is 1. The maximum atomic E-state index is 12.5. The molecule has 0 atom stereocenters. The molecule has 0 fully saturated rings. The van der Waals surface area contributed by atoms with Gasteiger partial charge in [-0.25, -0.2) is 8.42 Å². The van der Waals surface area contributed by atoms with Crippen LogP contribution in [0.1, 0.15) is 16.1 Å². The Balaban J connectivity index is 1.83. The van der Waals surface area contributed by atoms with Gasteiger partial charge in [0.1, 0.15) is 5.58 Å². The summed E-state index contributed by atoms with van der Waals surface area (Å²) >= 11 is 0. The topological polar surface area (TPSA) is 88.9 Å². The number of nitrogens with one attached hydrogen (secondary N) is 1. The zero-order valence-corrected chi connectivity index (χ0v) is 15.3. The average molecular weight is 374 g/mol. The average Bonchev–Trinajstić information content (AvgIpc) is 2.98. The molecule has 8 heteroatoms. The normalized spacial score (nSPS) is 11.8. The van der Waals surface area contributed by atoms with Gasteiger partial charge in [-0.2, -0.15) is 0 Å². The van der Waals surface area contributed by atoms with E-state index in [0.717, 1.165) is 15.4 Å². The molecule has 1 N–H and O–H groups in total. The van der Waals surface area contributed by atoms with Crippen molar-refractivity contribution in [3.63, 3.8) is 0 Å². The predicted molar refractivity (Wildman–Crippen MR) is 97.3 cm³/mol. The fraction of sp³-hybridized carbons (Fsp3) is 0.167. The van der Waals surface area contributed by atoms with E-state index in [1.165, 1.54) is 38.4 Å². The van der Waals surface area contributed by atoms with E-state index in [1.54, 1.807) is 6.07 Å².